The number of fused-ring (bicyclic) bond motifs is 1. The van der Waals surface area contributed by atoms with E-state index in [2.05, 4.69) is 23.7 Å². The van der Waals surface area contributed by atoms with E-state index in [-0.39, 0.29) is 12.1 Å². The molecule has 2 heterocycles. The number of hydrogen-bond acceptors (Lipinski definition) is 6. The van der Waals surface area contributed by atoms with Gasteiger partial charge in [0.25, 0.3) is 5.56 Å². The summed E-state index contributed by atoms with van der Waals surface area (Å²) in [6.45, 7) is 7.37. The van der Waals surface area contributed by atoms with Gasteiger partial charge in [0.2, 0.25) is 0 Å². The summed E-state index contributed by atoms with van der Waals surface area (Å²) in [6.07, 6.45) is 2.81. The molecule has 0 amide bonds. The number of nitrogens with zero attached hydrogens (tertiary/aromatic N) is 3. The highest BCUT2D eigenvalue weighted by Gasteiger charge is 2.33. The zero-order valence-corrected chi connectivity index (χ0v) is 16.6. The lowest BCUT2D eigenvalue weighted by Crippen LogP contribution is -2.48. The molecule has 3 rings (SSSR count). The SMILES string of the molecule is COc1cc2ncn(CC3(O)CCN(CC(C)C)CC3)c(=O)c2cc1OC. The normalized spacial score (nSPS) is 17.4. The van der Waals surface area contributed by atoms with Crippen molar-refractivity contribution < 1.29 is 14.6 Å². The van der Waals surface area contributed by atoms with Crippen molar-refractivity contribution in [3.05, 3.63) is 28.8 Å². The zero-order valence-electron chi connectivity index (χ0n) is 16.6. The van der Waals surface area contributed by atoms with Gasteiger partial charge in [0.15, 0.2) is 11.5 Å². The number of rotatable bonds is 6. The summed E-state index contributed by atoms with van der Waals surface area (Å²) in [5, 5.41) is 11.5. The number of aromatic nitrogens is 2. The molecule has 1 aromatic carbocycles. The Kier molecular flexibility index (Phi) is 5.72. The minimum absolute atomic E-state index is 0.181. The summed E-state index contributed by atoms with van der Waals surface area (Å²) < 4.78 is 12.1. The van der Waals surface area contributed by atoms with E-state index in [9.17, 15) is 9.90 Å². The molecule has 1 aliphatic heterocycles. The molecule has 0 saturated carbocycles. The minimum atomic E-state index is -0.886. The van der Waals surface area contributed by atoms with Gasteiger partial charge in [-0.05, 0) is 24.8 Å². The summed E-state index contributed by atoms with van der Waals surface area (Å²) in [4.78, 5) is 19.7. The van der Waals surface area contributed by atoms with Gasteiger partial charge in [0.1, 0.15) is 0 Å². The first kappa shape index (κ1) is 19.6. The van der Waals surface area contributed by atoms with Gasteiger partial charge in [-0.25, -0.2) is 4.98 Å². The smallest absolute Gasteiger partial charge is 0.261 e. The molecule has 1 aliphatic rings. The summed E-state index contributed by atoms with van der Waals surface area (Å²) in [5.74, 6) is 1.63. The van der Waals surface area contributed by atoms with Crippen LogP contribution in [0.15, 0.2) is 23.3 Å². The number of piperidine rings is 1. The van der Waals surface area contributed by atoms with Gasteiger partial charge < -0.3 is 19.5 Å². The first-order valence-corrected chi connectivity index (χ1v) is 9.41. The Balaban J connectivity index is 1.83. The van der Waals surface area contributed by atoms with Crippen LogP contribution in [0, 0.1) is 5.92 Å². The third kappa shape index (κ3) is 4.25. The molecule has 1 saturated heterocycles. The molecular formula is C20H29N3O4. The monoisotopic (exact) mass is 375 g/mol. The van der Waals surface area contributed by atoms with Gasteiger partial charge in [-0.15, -0.1) is 0 Å². The van der Waals surface area contributed by atoms with Crippen molar-refractivity contribution in [3.8, 4) is 11.5 Å². The standard InChI is InChI=1S/C20H29N3O4/c1-14(2)11-22-7-5-20(25,6-8-22)12-23-13-21-16-10-18(27-4)17(26-3)9-15(16)19(23)24/h9-10,13-14,25H,5-8,11-12H2,1-4H3. The summed E-state index contributed by atoms with van der Waals surface area (Å²) in [7, 11) is 3.08. The first-order valence-electron chi connectivity index (χ1n) is 9.41. The fourth-order valence-corrected chi connectivity index (χ4v) is 3.74. The van der Waals surface area contributed by atoms with E-state index in [4.69, 9.17) is 9.47 Å². The Morgan fingerprint density at radius 3 is 2.41 bits per heavy atom. The largest absolute Gasteiger partial charge is 0.493 e. The van der Waals surface area contributed by atoms with E-state index in [1.807, 2.05) is 0 Å². The van der Waals surface area contributed by atoms with Crippen LogP contribution < -0.4 is 15.0 Å². The first-order chi connectivity index (χ1) is 12.8. The molecule has 0 bridgehead atoms. The predicted octanol–water partition coefficient (Wildman–Crippen LogP) is 1.90. The van der Waals surface area contributed by atoms with Crippen LogP contribution in [0.1, 0.15) is 26.7 Å². The van der Waals surface area contributed by atoms with Crippen LogP contribution in [0.2, 0.25) is 0 Å². The van der Waals surface area contributed by atoms with E-state index in [1.54, 1.807) is 19.2 Å². The van der Waals surface area contributed by atoms with E-state index >= 15 is 0 Å². The van der Waals surface area contributed by atoms with Gasteiger partial charge in [-0.2, -0.15) is 0 Å². The molecule has 0 aliphatic carbocycles. The van der Waals surface area contributed by atoms with Crippen molar-refractivity contribution in [3.63, 3.8) is 0 Å². The molecule has 1 fully saturated rings. The quantitative estimate of drug-likeness (QED) is 0.831. The summed E-state index contributed by atoms with van der Waals surface area (Å²) >= 11 is 0. The lowest BCUT2D eigenvalue weighted by molar-refractivity contribution is -0.0366. The number of hydrogen-bond donors (Lipinski definition) is 1. The molecule has 148 valence electrons. The maximum atomic E-state index is 12.9. The van der Waals surface area contributed by atoms with Gasteiger partial charge in [-0.1, -0.05) is 13.8 Å². The van der Waals surface area contributed by atoms with E-state index in [1.165, 1.54) is 18.0 Å². The number of likely N-dealkylation sites (tertiary alicyclic amines) is 1. The molecule has 1 N–H and O–H groups in total. The minimum Gasteiger partial charge on any atom is -0.493 e. The van der Waals surface area contributed by atoms with Crippen LogP contribution in [-0.4, -0.2) is 59.0 Å². The molecular weight excluding hydrogens is 346 g/mol. The molecule has 0 atom stereocenters. The maximum absolute atomic E-state index is 12.9. The van der Waals surface area contributed by atoms with Crippen molar-refractivity contribution in [2.75, 3.05) is 33.9 Å². The van der Waals surface area contributed by atoms with Crippen molar-refractivity contribution in [2.24, 2.45) is 5.92 Å². The number of aliphatic hydroxyl groups is 1. The summed E-state index contributed by atoms with van der Waals surface area (Å²) in [5.41, 5.74) is -0.518. The summed E-state index contributed by atoms with van der Waals surface area (Å²) in [6, 6.07) is 3.34. The fourth-order valence-electron chi connectivity index (χ4n) is 3.74. The van der Waals surface area contributed by atoms with Gasteiger partial charge in [0, 0.05) is 25.7 Å². The van der Waals surface area contributed by atoms with Crippen LogP contribution in [0.4, 0.5) is 0 Å². The highest BCUT2D eigenvalue weighted by atomic mass is 16.5. The molecule has 27 heavy (non-hydrogen) atoms. The second-order valence-electron chi connectivity index (χ2n) is 7.82. The van der Waals surface area contributed by atoms with Gasteiger partial charge >= 0.3 is 0 Å². The molecule has 0 radical (unpaired) electrons. The Labute approximate surface area is 159 Å². The van der Waals surface area contributed by atoms with E-state index < -0.39 is 5.60 Å². The lowest BCUT2D eigenvalue weighted by Gasteiger charge is -2.39. The molecule has 7 nitrogen and oxygen atoms in total. The maximum Gasteiger partial charge on any atom is 0.261 e. The van der Waals surface area contributed by atoms with Crippen molar-refractivity contribution in [2.45, 2.75) is 38.8 Å². The van der Waals surface area contributed by atoms with Crippen LogP contribution in [0.25, 0.3) is 10.9 Å². The average molecular weight is 375 g/mol. The van der Waals surface area contributed by atoms with Crippen LogP contribution in [0.5, 0.6) is 11.5 Å². The number of ether oxygens (including phenoxy) is 2. The van der Waals surface area contributed by atoms with Gasteiger partial charge in [0.05, 0.1) is 43.6 Å². The Hall–Kier alpha value is -2.12. The highest BCUT2D eigenvalue weighted by Crippen LogP contribution is 2.30. The lowest BCUT2D eigenvalue weighted by atomic mass is 9.91. The van der Waals surface area contributed by atoms with Crippen LogP contribution in [0.3, 0.4) is 0 Å². The topological polar surface area (TPSA) is 76.8 Å². The third-order valence-corrected chi connectivity index (χ3v) is 5.20. The van der Waals surface area contributed by atoms with E-state index in [0.29, 0.717) is 41.2 Å². The van der Waals surface area contributed by atoms with Crippen LogP contribution in [-0.2, 0) is 6.54 Å². The molecule has 1 aromatic heterocycles. The zero-order chi connectivity index (χ0) is 19.6. The molecule has 0 spiro atoms. The van der Waals surface area contributed by atoms with Crippen molar-refractivity contribution in [1.82, 2.24) is 14.5 Å². The highest BCUT2D eigenvalue weighted by molar-refractivity contribution is 5.81. The second-order valence-corrected chi connectivity index (χ2v) is 7.82. The molecule has 7 heteroatoms. The average Bonchev–Trinajstić information content (AvgIpc) is 2.65. The Morgan fingerprint density at radius 1 is 1.19 bits per heavy atom. The predicted molar refractivity (Wildman–Crippen MR) is 105 cm³/mol. The number of benzene rings is 1. The molecule has 2 aromatic rings. The van der Waals surface area contributed by atoms with Crippen molar-refractivity contribution >= 4 is 10.9 Å². The number of methoxy groups -OCH3 is 2. The third-order valence-electron chi connectivity index (χ3n) is 5.20. The van der Waals surface area contributed by atoms with Crippen molar-refractivity contribution in [1.29, 1.82) is 0 Å². The Bertz CT molecular complexity index is 854. The van der Waals surface area contributed by atoms with Gasteiger partial charge in [-0.3, -0.25) is 9.36 Å². The van der Waals surface area contributed by atoms with E-state index in [0.717, 1.165) is 19.6 Å². The molecule has 0 unspecified atom stereocenters. The van der Waals surface area contributed by atoms with Crippen LogP contribution >= 0.6 is 0 Å². The second kappa shape index (κ2) is 7.86. The Morgan fingerprint density at radius 2 is 1.81 bits per heavy atom. The fraction of sp³-hybridized carbons (Fsp3) is 0.600.